The molecule has 9 rings (SSSR count). The highest BCUT2D eigenvalue weighted by atomic mass is 15.1. The minimum atomic E-state index is 0.0775. The SMILES string of the molecule is c1ccc(-c2cccc(-n3c4ccccc4c4cc(N(c5ccccc5)c5ccc(C6(c7ccccc7)CCCCC6)cc5)ccc43)c2)cc1. The highest BCUT2D eigenvalue weighted by Gasteiger charge is 2.35. The van der Waals surface area contributed by atoms with Crippen molar-refractivity contribution in [3.63, 3.8) is 0 Å². The average Bonchev–Trinajstić information content (AvgIpc) is 3.53. The first-order chi connectivity index (χ1) is 24.8. The zero-order valence-corrected chi connectivity index (χ0v) is 28.3. The van der Waals surface area contributed by atoms with Crippen molar-refractivity contribution in [3.05, 3.63) is 193 Å². The second-order valence-corrected chi connectivity index (χ2v) is 13.7. The molecule has 0 radical (unpaired) electrons. The summed E-state index contributed by atoms with van der Waals surface area (Å²) in [5.74, 6) is 0. The maximum absolute atomic E-state index is 2.41. The van der Waals surface area contributed by atoms with Gasteiger partial charge in [-0.3, -0.25) is 0 Å². The van der Waals surface area contributed by atoms with E-state index < -0.39 is 0 Å². The van der Waals surface area contributed by atoms with E-state index in [9.17, 15) is 0 Å². The van der Waals surface area contributed by atoms with E-state index in [-0.39, 0.29) is 5.41 Å². The molecule has 0 spiro atoms. The van der Waals surface area contributed by atoms with Crippen LogP contribution in [0.25, 0.3) is 38.6 Å². The van der Waals surface area contributed by atoms with Gasteiger partial charge in [0.05, 0.1) is 11.0 Å². The summed E-state index contributed by atoms with van der Waals surface area (Å²) < 4.78 is 2.41. The fraction of sp³-hybridized carbons (Fsp3) is 0.125. The molecule has 242 valence electrons. The molecule has 1 aliphatic rings. The van der Waals surface area contributed by atoms with E-state index in [0.29, 0.717) is 0 Å². The fourth-order valence-corrected chi connectivity index (χ4v) is 8.44. The van der Waals surface area contributed by atoms with E-state index >= 15 is 0 Å². The highest BCUT2D eigenvalue weighted by molar-refractivity contribution is 6.10. The average molecular weight is 645 g/mol. The Kier molecular flexibility index (Phi) is 7.78. The van der Waals surface area contributed by atoms with E-state index in [0.717, 1.165) is 22.7 Å². The van der Waals surface area contributed by atoms with Gasteiger partial charge in [0.2, 0.25) is 0 Å². The summed E-state index contributed by atoms with van der Waals surface area (Å²) in [6.07, 6.45) is 6.28. The standard InChI is InChI=1S/C48H40N2/c1-5-16-36(17-6-1)37-18-15-23-42(34-37)50-46-25-12-11-24-44(46)45-35-43(30-31-47(45)50)49(40-21-9-3-10-22-40)41-28-26-39(27-29-41)48(32-13-4-14-33-48)38-19-7-2-8-20-38/h1-3,5-12,15-31,34-35H,4,13-14,32-33H2. The van der Waals surface area contributed by atoms with Crippen LogP contribution in [-0.2, 0) is 5.41 Å². The molecule has 1 fully saturated rings. The summed E-state index contributed by atoms with van der Waals surface area (Å²) in [4.78, 5) is 2.40. The predicted octanol–water partition coefficient (Wildman–Crippen LogP) is 13.2. The number of rotatable bonds is 7. The van der Waals surface area contributed by atoms with Gasteiger partial charge in [0.1, 0.15) is 0 Å². The van der Waals surface area contributed by atoms with Crippen LogP contribution in [0.3, 0.4) is 0 Å². The van der Waals surface area contributed by atoms with Crippen LogP contribution in [0.2, 0.25) is 0 Å². The molecule has 0 saturated heterocycles. The molecule has 0 atom stereocenters. The van der Waals surface area contributed by atoms with Gasteiger partial charge in [0, 0.05) is 38.9 Å². The Balaban J connectivity index is 1.17. The lowest BCUT2D eigenvalue weighted by Gasteiger charge is -2.39. The van der Waals surface area contributed by atoms with Crippen LogP contribution in [0.4, 0.5) is 17.1 Å². The Morgan fingerprint density at radius 3 is 1.74 bits per heavy atom. The third kappa shape index (κ3) is 5.29. The molecule has 2 nitrogen and oxygen atoms in total. The second-order valence-electron chi connectivity index (χ2n) is 13.7. The topological polar surface area (TPSA) is 8.17 Å². The first-order valence-electron chi connectivity index (χ1n) is 18.0. The largest absolute Gasteiger partial charge is 0.310 e. The van der Waals surface area contributed by atoms with Crippen molar-refractivity contribution in [2.24, 2.45) is 0 Å². The lowest BCUT2D eigenvalue weighted by Crippen LogP contribution is -2.30. The lowest BCUT2D eigenvalue weighted by atomic mass is 9.65. The number of benzene rings is 7. The summed E-state index contributed by atoms with van der Waals surface area (Å²) in [6, 6.07) is 66.7. The first kappa shape index (κ1) is 30.2. The summed E-state index contributed by atoms with van der Waals surface area (Å²) in [5, 5.41) is 2.49. The second kappa shape index (κ2) is 12.9. The van der Waals surface area contributed by atoms with Crippen LogP contribution in [0.1, 0.15) is 43.2 Å². The normalized spacial score (nSPS) is 14.2. The number of aromatic nitrogens is 1. The van der Waals surface area contributed by atoms with Crippen LogP contribution in [-0.4, -0.2) is 4.57 Å². The molecule has 0 bridgehead atoms. The molecule has 1 aromatic heterocycles. The molecule has 1 heterocycles. The van der Waals surface area contributed by atoms with Crippen LogP contribution in [0, 0.1) is 0 Å². The Morgan fingerprint density at radius 1 is 0.400 bits per heavy atom. The van der Waals surface area contributed by atoms with Gasteiger partial charge in [-0.1, -0.05) is 141 Å². The molecule has 1 aliphatic carbocycles. The summed E-state index contributed by atoms with van der Waals surface area (Å²) in [5.41, 5.74) is 12.4. The van der Waals surface area contributed by atoms with Crippen molar-refractivity contribution in [2.45, 2.75) is 37.5 Å². The summed E-state index contributed by atoms with van der Waals surface area (Å²) in [6.45, 7) is 0. The van der Waals surface area contributed by atoms with E-state index in [2.05, 4.69) is 191 Å². The minimum absolute atomic E-state index is 0.0775. The van der Waals surface area contributed by atoms with Gasteiger partial charge < -0.3 is 9.47 Å². The third-order valence-electron chi connectivity index (χ3n) is 10.9. The van der Waals surface area contributed by atoms with Gasteiger partial charge in [0.25, 0.3) is 0 Å². The van der Waals surface area contributed by atoms with Crippen molar-refractivity contribution in [1.29, 1.82) is 0 Å². The van der Waals surface area contributed by atoms with Crippen molar-refractivity contribution >= 4 is 38.9 Å². The first-order valence-corrected chi connectivity index (χ1v) is 18.0. The molecule has 50 heavy (non-hydrogen) atoms. The Bertz CT molecular complexity index is 2380. The monoisotopic (exact) mass is 644 g/mol. The van der Waals surface area contributed by atoms with Gasteiger partial charge in [-0.25, -0.2) is 0 Å². The van der Waals surface area contributed by atoms with Gasteiger partial charge in [0.15, 0.2) is 0 Å². The number of anilines is 3. The number of hydrogen-bond acceptors (Lipinski definition) is 1. The summed E-state index contributed by atoms with van der Waals surface area (Å²) >= 11 is 0. The van der Waals surface area contributed by atoms with Crippen molar-refractivity contribution in [2.75, 3.05) is 4.90 Å². The Hall–Kier alpha value is -5.86. The quantitative estimate of drug-likeness (QED) is 0.168. The van der Waals surface area contributed by atoms with E-state index in [1.807, 2.05) is 0 Å². The van der Waals surface area contributed by atoms with Crippen molar-refractivity contribution in [1.82, 2.24) is 4.57 Å². The Labute approximate surface area is 294 Å². The molecular weight excluding hydrogens is 605 g/mol. The molecule has 2 heteroatoms. The van der Waals surface area contributed by atoms with E-state index in [1.165, 1.54) is 76.2 Å². The summed E-state index contributed by atoms with van der Waals surface area (Å²) in [7, 11) is 0. The van der Waals surface area contributed by atoms with Gasteiger partial charge in [-0.2, -0.15) is 0 Å². The molecular formula is C48H40N2. The number of nitrogens with zero attached hydrogens (tertiary/aromatic N) is 2. The minimum Gasteiger partial charge on any atom is -0.310 e. The van der Waals surface area contributed by atoms with Crippen LogP contribution in [0.5, 0.6) is 0 Å². The molecule has 0 amide bonds. The lowest BCUT2D eigenvalue weighted by molar-refractivity contribution is 0.346. The van der Waals surface area contributed by atoms with E-state index in [1.54, 1.807) is 0 Å². The molecule has 1 saturated carbocycles. The smallest absolute Gasteiger partial charge is 0.0542 e. The van der Waals surface area contributed by atoms with Crippen LogP contribution < -0.4 is 4.90 Å². The number of hydrogen-bond donors (Lipinski definition) is 0. The highest BCUT2D eigenvalue weighted by Crippen LogP contribution is 2.46. The maximum atomic E-state index is 2.41. The van der Waals surface area contributed by atoms with Gasteiger partial charge >= 0.3 is 0 Å². The van der Waals surface area contributed by atoms with E-state index in [4.69, 9.17) is 0 Å². The van der Waals surface area contributed by atoms with Crippen molar-refractivity contribution < 1.29 is 0 Å². The van der Waals surface area contributed by atoms with Crippen molar-refractivity contribution in [3.8, 4) is 16.8 Å². The van der Waals surface area contributed by atoms with Gasteiger partial charge in [-0.15, -0.1) is 0 Å². The number of fused-ring (bicyclic) bond motifs is 3. The predicted molar refractivity (Wildman–Crippen MR) is 211 cm³/mol. The number of para-hydroxylation sites is 2. The van der Waals surface area contributed by atoms with Gasteiger partial charge in [-0.05, 0) is 95.8 Å². The molecule has 7 aromatic carbocycles. The van der Waals surface area contributed by atoms with Crippen LogP contribution in [0.15, 0.2) is 182 Å². The molecule has 8 aromatic rings. The molecule has 0 aliphatic heterocycles. The maximum Gasteiger partial charge on any atom is 0.0542 e. The van der Waals surface area contributed by atoms with Crippen LogP contribution >= 0.6 is 0 Å². The molecule has 0 N–H and O–H groups in total. The molecule has 0 unspecified atom stereocenters. The zero-order valence-electron chi connectivity index (χ0n) is 28.3. The zero-order chi connectivity index (χ0) is 33.3. The third-order valence-corrected chi connectivity index (χ3v) is 10.9. The Morgan fingerprint density at radius 2 is 0.980 bits per heavy atom. The fourth-order valence-electron chi connectivity index (χ4n) is 8.44.